The second-order valence-electron chi connectivity index (χ2n) is 2.17. The van der Waals surface area contributed by atoms with E-state index in [1.165, 1.54) is 0 Å². The van der Waals surface area contributed by atoms with Crippen molar-refractivity contribution in [3.8, 4) is 0 Å². The maximum Gasteiger partial charge on any atom is 0.109 e. The maximum atomic E-state index is 11.9. The molecule has 0 saturated carbocycles. The molecule has 1 aromatic carbocycles. The van der Waals surface area contributed by atoms with Crippen molar-refractivity contribution in [2.75, 3.05) is 6.67 Å². The van der Waals surface area contributed by atoms with E-state index in [1.807, 2.05) is 30.3 Å². The molecule has 10 heavy (non-hydrogen) atoms. The molecule has 0 aliphatic heterocycles. The summed E-state index contributed by atoms with van der Waals surface area (Å²) in [7, 11) is 0. The van der Waals surface area contributed by atoms with Gasteiger partial charge in [-0.15, -0.1) is 0 Å². The van der Waals surface area contributed by atoms with Crippen LogP contribution < -0.4 is 5.73 Å². The molecule has 54 valence electrons. The van der Waals surface area contributed by atoms with E-state index in [9.17, 15) is 4.39 Å². The van der Waals surface area contributed by atoms with Crippen molar-refractivity contribution in [1.29, 1.82) is 0 Å². The Morgan fingerprint density at radius 3 is 2.40 bits per heavy atom. The van der Waals surface area contributed by atoms with Crippen molar-refractivity contribution in [2.45, 2.75) is 6.04 Å². The number of hydrogen-bond acceptors (Lipinski definition) is 1. The van der Waals surface area contributed by atoms with Gasteiger partial charge in [-0.05, 0) is 5.56 Å². The second kappa shape index (κ2) is 3.32. The summed E-state index contributed by atoms with van der Waals surface area (Å²) in [6.07, 6.45) is 0. The molecule has 1 aromatic rings. The average Bonchev–Trinajstić information content (AvgIpc) is 2.05. The Kier molecular flexibility index (Phi) is 2.40. The Balaban J connectivity index is 2.75. The Morgan fingerprint density at radius 2 is 1.90 bits per heavy atom. The van der Waals surface area contributed by atoms with Crippen LogP contribution in [0.5, 0.6) is 0 Å². The van der Waals surface area contributed by atoms with Gasteiger partial charge in [0.2, 0.25) is 0 Å². The molecular formula is C8H10FN. The number of rotatable bonds is 2. The molecule has 1 rings (SSSR count). The fraction of sp³-hybridized carbons (Fsp3) is 0.250. The summed E-state index contributed by atoms with van der Waals surface area (Å²) in [4.78, 5) is 0. The molecular weight excluding hydrogens is 129 g/mol. The van der Waals surface area contributed by atoms with Crippen LogP contribution in [-0.2, 0) is 0 Å². The van der Waals surface area contributed by atoms with E-state index in [0.29, 0.717) is 0 Å². The summed E-state index contributed by atoms with van der Waals surface area (Å²) in [5.41, 5.74) is 6.27. The van der Waals surface area contributed by atoms with Crippen LogP contribution >= 0.6 is 0 Å². The molecule has 1 nitrogen and oxygen atoms in total. The topological polar surface area (TPSA) is 26.0 Å². The highest BCUT2D eigenvalue weighted by atomic mass is 19.1. The maximum absolute atomic E-state index is 11.9. The summed E-state index contributed by atoms with van der Waals surface area (Å²) in [5, 5.41) is 0. The molecule has 0 unspecified atom stereocenters. The molecule has 0 saturated heterocycles. The number of halogens is 1. The predicted octanol–water partition coefficient (Wildman–Crippen LogP) is 1.66. The Morgan fingerprint density at radius 1 is 1.30 bits per heavy atom. The monoisotopic (exact) mass is 139 g/mol. The Bertz CT molecular complexity index is 186. The summed E-state index contributed by atoms with van der Waals surface area (Å²) in [6.45, 7) is -0.496. The van der Waals surface area contributed by atoms with Crippen LogP contribution in [0.1, 0.15) is 11.6 Å². The largest absolute Gasteiger partial charge is 0.322 e. The summed E-state index contributed by atoms with van der Waals surface area (Å²) in [5.74, 6) is 0. The lowest BCUT2D eigenvalue weighted by Gasteiger charge is -2.04. The predicted molar refractivity (Wildman–Crippen MR) is 39.3 cm³/mol. The van der Waals surface area contributed by atoms with Crippen LogP contribution in [0.25, 0.3) is 0 Å². The molecule has 0 radical (unpaired) electrons. The second-order valence-corrected chi connectivity index (χ2v) is 2.17. The van der Waals surface area contributed by atoms with Crippen LogP contribution in [0.4, 0.5) is 4.39 Å². The van der Waals surface area contributed by atoms with Gasteiger partial charge in [0, 0.05) is 0 Å². The smallest absolute Gasteiger partial charge is 0.109 e. The number of benzene rings is 1. The van der Waals surface area contributed by atoms with Gasteiger partial charge in [0.05, 0.1) is 6.04 Å². The number of hydrogen-bond donors (Lipinski definition) is 1. The van der Waals surface area contributed by atoms with Crippen molar-refractivity contribution in [3.63, 3.8) is 0 Å². The molecule has 0 heterocycles. The summed E-state index contributed by atoms with van der Waals surface area (Å²) < 4.78 is 11.9. The van der Waals surface area contributed by atoms with Crippen LogP contribution in [-0.4, -0.2) is 6.67 Å². The lowest BCUT2D eigenvalue weighted by molar-refractivity contribution is 0.437. The Labute approximate surface area is 59.7 Å². The van der Waals surface area contributed by atoms with Crippen LogP contribution in [0.2, 0.25) is 0 Å². The first kappa shape index (κ1) is 7.22. The van der Waals surface area contributed by atoms with Gasteiger partial charge in [-0.1, -0.05) is 30.3 Å². The normalized spacial score (nSPS) is 13.0. The third-order valence-corrected chi connectivity index (χ3v) is 1.39. The van der Waals surface area contributed by atoms with Gasteiger partial charge < -0.3 is 5.73 Å². The van der Waals surface area contributed by atoms with E-state index in [-0.39, 0.29) is 0 Å². The minimum atomic E-state index is -0.496. The van der Waals surface area contributed by atoms with Crippen molar-refractivity contribution >= 4 is 0 Å². The summed E-state index contributed by atoms with van der Waals surface area (Å²) in [6, 6.07) is 8.78. The van der Waals surface area contributed by atoms with Crippen molar-refractivity contribution < 1.29 is 4.39 Å². The molecule has 0 aliphatic carbocycles. The van der Waals surface area contributed by atoms with Crippen LogP contribution in [0.3, 0.4) is 0 Å². The molecule has 0 fully saturated rings. The molecule has 0 bridgehead atoms. The zero-order chi connectivity index (χ0) is 7.40. The van der Waals surface area contributed by atoms with Gasteiger partial charge in [-0.3, -0.25) is 0 Å². The molecule has 0 spiro atoms. The third kappa shape index (κ3) is 1.54. The molecule has 0 amide bonds. The van der Waals surface area contributed by atoms with Crippen molar-refractivity contribution in [2.24, 2.45) is 5.73 Å². The molecule has 2 heteroatoms. The lowest BCUT2D eigenvalue weighted by Crippen LogP contribution is -2.11. The van der Waals surface area contributed by atoms with Gasteiger partial charge in [0.25, 0.3) is 0 Å². The molecule has 0 aliphatic rings. The average molecular weight is 139 g/mol. The van der Waals surface area contributed by atoms with Crippen LogP contribution in [0.15, 0.2) is 30.3 Å². The first-order valence-electron chi connectivity index (χ1n) is 3.21. The SMILES string of the molecule is N[C@@H](CF)c1ccccc1. The zero-order valence-electron chi connectivity index (χ0n) is 5.63. The van der Waals surface area contributed by atoms with E-state index in [1.54, 1.807) is 0 Å². The molecule has 1 atom stereocenters. The highest BCUT2D eigenvalue weighted by Crippen LogP contribution is 2.08. The first-order chi connectivity index (χ1) is 4.84. The first-order valence-corrected chi connectivity index (χ1v) is 3.21. The van der Waals surface area contributed by atoms with Crippen molar-refractivity contribution in [3.05, 3.63) is 35.9 Å². The highest BCUT2D eigenvalue weighted by molar-refractivity contribution is 5.18. The van der Waals surface area contributed by atoms with E-state index >= 15 is 0 Å². The molecule has 2 N–H and O–H groups in total. The van der Waals surface area contributed by atoms with Gasteiger partial charge in [0.15, 0.2) is 0 Å². The third-order valence-electron chi connectivity index (χ3n) is 1.39. The van der Waals surface area contributed by atoms with Gasteiger partial charge in [-0.25, -0.2) is 4.39 Å². The fourth-order valence-electron chi connectivity index (χ4n) is 0.789. The standard InChI is InChI=1S/C8H10FN/c9-6-8(10)7-4-2-1-3-5-7/h1-5,8H,6,10H2/t8-/m0/s1. The van der Waals surface area contributed by atoms with Gasteiger partial charge >= 0.3 is 0 Å². The summed E-state index contributed by atoms with van der Waals surface area (Å²) >= 11 is 0. The van der Waals surface area contributed by atoms with Gasteiger partial charge in [-0.2, -0.15) is 0 Å². The fourth-order valence-corrected chi connectivity index (χ4v) is 0.789. The van der Waals surface area contributed by atoms with Gasteiger partial charge in [0.1, 0.15) is 6.67 Å². The highest BCUT2D eigenvalue weighted by Gasteiger charge is 2.01. The van der Waals surface area contributed by atoms with Crippen molar-refractivity contribution in [1.82, 2.24) is 0 Å². The lowest BCUT2D eigenvalue weighted by atomic mass is 10.1. The Hall–Kier alpha value is -0.890. The number of nitrogens with two attached hydrogens (primary N) is 1. The van der Waals surface area contributed by atoms with E-state index in [2.05, 4.69) is 0 Å². The quantitative estimate of drug-likeness (QED) is 0.662. The van der Waals surface area contributed by atoms with E-state index in [0.717, 1.165) is 5.56 Å². The zero-order valence-corrected chi connectivity index (χ0v) is 5.63. The minimum absolute atomic E-state index is 0.457. The minimum Gasteiger partial charge on any atom is -0.322 e. The van der Waals surface area contributed by atoms with E-state index in [4.69, 9.17) is 5.73 Å². The number of alkyl halides is 1. The van der Waals surface area contributed by atoms with E-state index < -0.39 is 12.7 Å². The van der Waals surface area contributed by atoms with Crippen LogP contribution in [0, 0.1) is 0 Å². The molecule has 0 aromatic heterocycles.